The summed E-state index contributed by atoms with van der Waals surface area (Å²) in [6, 6.07) is 8.23. The Bertz CT molecular complexity index is 1210. The molecule has 0 aliphatic carbocycles. The standard InChI is InChI=1S/C25H29ClFN5O3/c1-15(25(33)30-17-7-9-35-10-8-17)32(2)13-16-11-18-21(12-22(16)34-3)28-14-29-24(18)31-20-6-4-5-19(26)23(20)27/h4-6,11-12,14-15,17H,7-10,13H2,1-3H3,(H,30,33)(H,28,29,31)/t15-/m1/s1. The van der Waals surface area contributed by atoms with Crippen LogP contribution in [0.2, 0.25) is 5.02 Å². The van der Waals surface area contributed by atoms with Gasteiger partial charge in [-0.15, -0.1) is 0 Å². The van der Waals surface area contributed by atoms with E-state index in [4.69, 9.17) is 21.1 Å². The van der Waals surface area contributed by atoms with Crippen LogP contribution in [0.4, 0.5) is 15.9 Å². The van der Waals surface area contributed by atoms with Gasteiger partial charge in [-0.3, -0.25) is 9.69 Å². The second-order valence-electron chi connectivity index (χ2n) is 8.62. The van der Waals surface area contributed by atoms with Gasteiger partial charge in [-0.25, -0.2) is 14.4 Å². The third-order valence-electron chi connectivity index (χ3n) is 6.27. The van der Waals surface area contributed by atoms with Crippen LogP contribution in [0.3, 0.4) is 0 Å². The van der Waals surface area contributed by atoms with Gasteiger partial charge in [0.2, 0.25) is 5.91 Å². The Morgan fingerprint density at radius 1 is 1.31 bits per heavy atom. The van der Waals surface area contributed by atoms with Crippen LogP contribution in [-0.2, 0) is 16.1 Å². The summed E-state index contributed by atoms with van der Waals surface area (Å²) in [5.74, 6) is 0.494. The molecule has 0 spiro atoms. The number of hydrogen-bond donors (Lipinski definition) is 2. The number of ether oxygens (including phenoxy) is 2. The van der Waals surface area contributed by atoms with Gasteiger partial charge in [0.15, 0.2) is 5.82 Å². The molecular formula is C25H29ClFN5O3. The molecule has 2 aromatic carbocycles. The number of fused-ring (bicyclic) bond motifs is 1. The molecule has 1 aliphatic rings. The molecule has 0 unspecified atom stereocenters. The number of hydrogen-bond acceptors (Lipinski definition) is 7. The fourth-order valence-electron chi connectivity index (χ4n) is 4.04. The molecule has 0 radical (unpaired) electrons. The molecule has 1 atom stereocenters. The quantitative estimate of drug-likeness (QED) is 0.476. The fourth-order valence-corrected chi connectivity index (χ4v) is 4.21. The van der Waals surface area contributed by atoms with Gasteiger partial charge in [0.05, 0.1) is 29.4 Å². The van der Waals surface area contributed by atoms with Crippen molar-refractivity contribution < 1.29 is 18.7 Å². The number of amides is 1. The lowest BCUT2D eigenvalue weighted by atomic mass is 10.1. The third kappa shape index (κ3) is 5.80. The smallest absolute Gasteiger partial charge is 0.237 e. The first-order chi connectivity index (χ1) is 16.9. The molecule has 3 aromatic rings. The van der Waals surface area contributed by atoms with Gasteiger partial charge < -0.3 is 20.1 Å². The molecule has 2 heterocycles. The van der Waals surface area contributed by atoms with Crippen LogP contribution in [0.1, 0.15) is 25.3 Å². The van der Waals surface area contributed by atoms with E-state index in [1.165, 1.54) is 12.4 Å². The summed E-state index contributed by atoms with van der Waals surface area (Å²) < 4.78 is 25.5. The normalized spacial score (nSPS) is 15.3. The molecule has 2 N–H and O–H groups in total. The maximum atomic E-state index is 14.5. The summed E-state index contributed by atoms with van der Waals surface area (Å²) in [6.07, 6.45) is 3.05. The molecule has 10 heteroatoms. The van der Waals surface area contributed by atoms with Gasteiger partial charge in [0.1, 0.15) is 17.9 Å². The van der Waals surface area contributed by atoms with E-state index in [0.717, 1.165) is 18.4 Å². The van der Waals surface area contributed by atoms with Gasteiger partial charge in [-0.1, -0.05) is 17.7 Å². The molecule has 1 fully saturated rings. The second-order valence-corrected chi connectivity index (χ2v) is 9.02. The highest BCUT2D eigenvalue weighted by Gasteiger charge is 2.24. The highest BCUT2D eigenvalue weighted by Crippen LogP contribution is 2.32. The number of carbonyl (C=O) groups excluding carboxylic acids is 1. The summed E-state index contributed by atoms with van der Waals surface area (Å²) in [4.78, 5) is 23.4. The topological polar surface area (TPSA) is 88.6 Å². The van der Waals surface area contributed by atoms with E-state index < -0.39 is 5.82 Å². The Morgan fingerprint density at radius 3 is 2.83 bits per heavy atom. The number of aromatic nitrogens is 2. The predicted octanol–water partition coefficient (Wildman–Crippen LogP) is 4.29. The number of likely N-dealkylation sites (N-methyl/N-ethyl adjacent to an activating group) is 1. The van der Waals surface area contributed by atoms with Gasteiger partial charge in [0.25, 0.3) is 0 Å². The first-order valence-electron chi connectivity index (χ1n) is 11.5. The van der Waals surface area contributed by atoms with Crippen molar-refractivity contribution in [3.63, 3.8) is 0 Å². The number of benzene rings is 2. The summed E-state index contributed by atoms with van der Waals surface area (Å²) >= 11 is 5.93. The Morgan fingerprint density at radius 2 is 2.09 bits per heavy atom. The van der Waals surface area contributed by atoms with E-state index in [0.29, 0.717) is 42.2 Å². The Hall–Kier alpha value is -3.01. The zero-order valence-electron chi connectivity index (χ0n) is 20.0. The Kier molecular flexibility index (Phi) is 8.00. The fraction of sp³-hybridized carbons (Fsp3) is 0.400. The third-order valence-corrected chi connectivity index (χ3v) is 6.56. The SMILES string of the molecule is COc1cc2ncnc(Nc3cccc(Cl)c3F)c2cc1CN(C)[C@H](C)C(=O)NC1CCOCC1. The largest absolute Gasteiger partial charge is 0.496 e. The van der Waals surface area contributed by atoms with Crippen LogP contribution in [0, 0.1) is 5.82 Å². The molecule has 186 valence electrons. The molecule has 1 saturated heterocycles. The van der Waals surface area contributed by atoms with Crippen LogP contribution in [0.25, 0.3) is 10.9 Å². The number of carbonyl (C=O) groups is 1. The maximum absolute atomic E-state index is 14.5. The van der Waals surface area contributed by atoms with E-state index in [9.17, 15) is 9.18 Å². The average Bonchev–Trinajstić information content (AvgIpc) is 2.86. The monoisotopic (exact) mass is 501 g/mol. The molecule has 1 amide bonds. The van der Waals surface area contributed by atoms with Crippen molar-refractivity contribution in [1.29, 1.82) is 0 Å². The number of rotatable bonds is 8. The van der Waals surface area contributed by atoms with E-state index in [2.05, 4.69) is 20.6 Å². The highest BCUT2D eigenvalue weighted by molar-refractivity contribution is 6.31. The molecular weight excluding hydrogens is 473 g/mol. The molecule has 35 heavy (non-hydrogen) atoms. The maximum Gasteiger partial charge on any atom is 0.237 e. The van der Waals surface area contributed by atoms with Crippen LogP contribution in [0.5, 0.6) is 5.75 Å². The average molecular weight is 502 g/mol. The zero-order chi connectivity index (χ0) is 24.9. The van der Waals surface area contributed by atoms with Crippen molar-refractivity contribution in [2.45, 2.75) is 38.4 Å². The summed E-state index contributed by atoms with van der Waals surface area (Å²) in [5.41, 5.74) is 1.70. The molecule has 8 nitrogen and oxygen atoms in total. The molecule has 4 rings (SSSR count). The minimum Gasteiger partial charge on any atom is -0.496 e. The van der Waals surface area contributed by atoms with Crippen LogP contribution in [0.15, 0.2) is 36.7 Å². The lowest BCUT2D eigenvalue weighted by molar-refractivity contribution is -0.126. The van der Waals surface area contributed by atoms with E-state index in [-0.39, 0.29) is 28.7 Å². The van der Waals surface area contributed by atoms with Crippen molar-refractivity contribution in [3.05, 3.63) is 53.1 Å². The Balaban J connectivity index is 1.57. The van der Waals surface area contributed by atoms with Crippen LogP contribution >= 0.6 is 11.6 Å². The van der Waals surface area contributed by atoms with Crippen LogP contribution in [-0.4, -0.2) is 60.2 Å². The molecule has 0 saturated carbocycles. The lowest BCUT2D eigenvalue weighted by Gasteiger charge is -2.28. The van der Waals surface area contributed by atoms with Crippen LogP contribution < -0.4 is 15.4 Å². The zero-order valence-corrected chi connectivity index (χ0v) is 20.7. The number of nitrogens with zero attached hydrogens (tertiary/aromatic N) is 3. The van der Waals surface area contributed by atoms with Gasteiger partial charge >= 0.3 is 0 Å². The lowest BCUT2D eigenvalue weighted by Crippen LogP contribution is -2.48. The van der Waals surface area contributed by atoms with Crippen molar-refractivity contribution >= 4 is 39.9 Å². The number of methoxy groups -OCH3 is 1. The summed E-state index contributed by atoms with van der Waals surface area (Å²) in [5, 5.41) is 6.85. The van der Waals surface area contributed by atoms with Gasteiger partial charge in [0, 0.05) is 42.8 Å². The first kappa shape index (κ1) is 25.1. The van der Waals surface area contributed by atoms with Crippen molar-refractivity contribution in [3.8, 4) is 5.75 Å². The predicted molar refractivity (Wildman–Crippen MR) is 134 cm³/mol. The number of halogens is 2. The van der Waals surface area contributed by atoms with E-state index >= 15 is 0 Å². The van der Waals surface area contributed by atoms with Gasteiger partial charge in [-0.2, -0.15) is 0 Å². The van der Waals surface area contributed by atoms with Crippen molar-refractivity contribution in [1.82, 2.24) is 20.2 Å². The van der Waals surface area contributed by atoms with E-state index in [1.807, 2.05) is 31.0 Å². The summed E-state index contributed by atoms with van der Waals surface area (Å²) in [7, 11) is 3.48. The molecule has 0 bridgehead atoms. The second kappa shape index (κ2) is 11.2. The first-order valence-corrected chi connectivity index (χ1v) is 11.9. The highest BCUT2D eigenvalue weighted by atomic mass is 35.5. The van der Waals surface area contributed by atoms with Crippen molar-refractivity contribution in [2.24, 2.45) is 0 Å². The van der Waals surface area contributed by atoms with E-state index in [1.54, 1.807) is 19.2 Å². The minimum atomic E-state index is -0.557. The Labute approximate surface area is 208 Å². The molecule has 1 aliphatic heterocycles. The van der Waals surface area contributed by atoms with Crippen molar-refractivity contribution in [2.75, 3.05) is 32.7 Å². The number of anilines is 2. The number of nitrogens with one attached hydrogen (secondary N) is 2. The minimum absolute atomic E-state index is 0.0189. The molecule has 1 aromatic heterocycles. The summed E-state index contributed by atoms with van der Waals surface area (Å²) in [6.45, 7) is 3.66. The van der Waals surface area contributed by atoms with Gasteiger partial charge in [-0.05, 0) is 45.0 Å².